The molecule has 1 aliphatic heterocycles. The van der Waals surface area contributed by atoms with E-state index in [4.69, 9.17) is 16.3 Å². The number of nitrogens with one attached hydrogen (secondary N) is 1. The van der Waals surface area contributed by atoms with Gasteiger partial charge in [0.1, 0.15) is 11.7 Å². The summed E-state index contributed by atoms with van der Waals surface area (Å²) in [5.74, 6) is -1.59. The van der Waals surface area contributed by atoms with Gasteiger partial charge in [-0.2, -0.15) is 0 Å². The van der Waals surface area contributed by atoms with E-state index in [-0.39, 0.29) is 0 Å². The predicted molar refractivity (Wildman–Crippen MR) is 77.4 cm³/mol. The van der Waals surface area contributed by atoms with Crippen molar-refractivity contribution in [1.82, 2.24) is 5.32 Å². The highest BCUT2D eigenvalue weighted by Gasteiger charge is 2.40. The fourth-order valence-electron chi connectivity index (χ4n) is 2.19. The topological polar surface area (TPSA) is 75.7 Å². The van der Waals surface area contributed by atoms with Gasteiger partial charge in [0.2, 0.25) is 11.8 Å². The molecule has 1 saturated heterocycles. The summed E-state index contributed by atoms with van der Waals surface area (Å²) in [6, 6.07) is 3.78. The largest absolute Gasteiger partial charge is 0.495 e. The van der Waals surface area contributed by atoms with Gasteiger partial charge in [-0.05, 0) is 18.6 Å². The van der Waals surface area contributed by atoms with Crippen LogP contribution in [0.15, 0.2) is 18.2 Å². The summed E-state index contributed by atoms with van der Waals surface area (Å²) in [7, 11) is 1.44. The van der Waals surface area contributed by atoms with Crippen LogP contribution in [0.4, 0.5) is 10.5 Å². The van der Waals surface area contributed by atoms with Crippen LogP contribution in [0.3, 0.4) is 0 Å². The number of hydrogen-bond donors (Lipinski definition) is 1. The number of nitrogens with zero attached hydrogens (tertiary/aromatic N) is 1. The lowest BCUT2D eigenvalue weighted by Crippen LogP contribution is -2.58. The first kappa shape index (κ1) is 15.3. The summed E-state index contributed by atoms with van der Waals surface area (Å²) < 4.78 is 5.07. The van der Waals surface area contributed by atoms with E-state index in [9.17, 15) is 14.4 Å². The van der Waals surface area contributed by atoms with E-state index in [1.54, 1.807) is 0 Å². The van der Waals surface area contributed by atoms with Crippen LogP contribution in [0.2, 0.25) is 5.02 Å². The fraction of sp³-hybridized carbons (Fsp3) is 0.357. The monoisotopic (exact) mass is 310 g/mol. The van der Waals surface area contributed by atoms with Gasteiger partial charge in [0.25, 0.3) is 0 Å². The number of carbonyl (C=O) groups is 3. The Bertz CT molecular complexity index is 603. The molecular weight excluding hydrogens is 296 g/mol. The Morgan fingerprint density at radius 3 is 2.67 bits per heavy atom. The number of methoxy groups -OCH3 is 1. The van der Waals surface area contributed by atoms with Gasteiger partial charge in [0.05, 0.1) is 17.8 Å². The predicted octanol–water partition coefficient (Wildman–Crippen LogP) is 2.35. The summed E-state index contributed by atoms with van der Waals surface area (Å²) >= 11 is 5.93. The molecule has 1 heterocycles. The van der Waals surface area contributed by atoms with Crippen LogP contribution in [0.1, 0.15) is 19.8 Å². The van der Waals surface area contributed by atoms with Crippen molar-refractivity contribution in [3.63, 3.8) is 0 Å². The average Bonchev–Trinajstić information content (AvgIpc) is 2.45. The third kappa shape index (κ3) is 2.85. The van der Waals surface area contributed by atoms with Gasteiger partial charge in [-0.1, -0.05) is 24.9 Å². The van der Waals surface area contributed by atoms with Crippen molar-refractivity contribution in [3.05, 3.63) is 23.2 Å². The third-order valence-electron chi connectivity index (χ3n) is 3.24. The molecule has 1 N–H and O–H groups in total. The first-order valence-corrected chi connectivity index (χ1v) is 6.89. The molecule has 4 amide bonds. The standard InChI is InChI=1S/C14H15ClN2O4/c1-3-4-9-12(18)16-14(20)17(13(9)19)8-5-6-10(15)11(7-8)21-2/h5-7,9H,3-4H2,1-2H3,(H,16,18,20). The highest BCUT2D eigenvalue weighted by Crippen LogP contribution is 2.31. The zero-order valence-corrected chi connectivity index (χ0v) is 12.4. The van der Waals surface area contributed by atoms with E-state index in [1.807, 2.05) is 6.92 Å². The van der Waals surface area contributed by atoms with Crippen LogP contribution in [0.25, 0.3) is 0 Å². The first-order valence-electron chi connectivity index (χ1n) is 6.52. The quantitative estimate of drug-likeness (QED) is 0.866. The van der Waals surface area contributed by atoms with Crippen LogP contribution < -0.4 is 15.0 Å². The van der Waals surface area contributed by atoms with E-state index in [1.165, 1.54) is 25.3 Å². The minimum absolute atomic E-state index is 0.312. The number of imide groups is 2. The average molecular weight is 311 g/mol. The Labute approximate surface area is 127 Å². The highest BCUT2D eigenvalue weighted by atomic mass is 35.5. The minimum atomic E-state index is -0.852. The maximum Gasteiger partial charge on any atom is 0.335 e. The Morgan fingerprint density at radius 2 is 2.05 bits per heavy atom. The molecule has 1 atom stereocenters. The van der Waals surface area contributed by atoms with Crippen molar-refractivity contribution < 1.29 is 19.1 Å². The number of anilines is 1. The molecule has 1 fully saturated rings. The molecule has 7 heteroatoms. The number of amides is 4. The van der Waals surface area contributed by atoms with E-state index in [2.05, 4.69) is 5.32 Å². The molecule has 1 unspecified atom stereocenters. The van der Waals surface area contributed by atoms with Crippen molar-refractivity contribution in [2.45, 2.75) is 19.8 Å². The number of urea groups is 1. The molecule has 1 aliphatic rings. The van der Waals surface area contributed by atoms with Gasteiger partial charge < -0.3 is 4.74 Å². The van der Waals surface area contributed by atoms with Crippen LogP contribution >= 0.6 is 11.6 Å². The van der Waals surface area contributed by atoms with E-state index >= 15 is 0 Å². The molecule has 2 rings (SSSR count). The summed E-state index contributed by atoms with van der Waals surface area (Å²) in [6.07, 6.45) is 1.05. The van der Waals surface area contributed by atoms with E-state index in [0.29, 0.717) is 29.3 Å². The number of barbiturate groups is 1. The molecule has 0 saturated carbocycles. The molecule has 0 aromatic heterocycles. The van der Waals surface area contributed by atoms with Crippen LogP contribution in [-0.4, -0.2) is 25.0 Å². The Balaban J connectivity index is 2.39. The minimum Gasteiger partial charge on any atom is -0.495 e. The third-order valence-corrected chi connectivity index (χ3v) is 3.55. The molecule has 1 aromatic rings. The van der Waals surface area contributed by atoms with Crippen molar-refractivity contribution in [2.75, 3.05) is 12.0 Å². The maximum atomic E-state index is 12.4. The second kappa shape index (κ2) is 6.13. The lowest BCUT2D eigenvalue weighted by molar-refractivity contribution is -0.134. The smallest absolute Gasteiger partial charge is 0.335 e. The molecule has 0 spiro atoms. The van der Waals surface area contributed by atoms with Crippen molar-refractivity contribution in [1.29, 1.82) is 0 Å². The number of benzene rings is 1. The number of carbonyl (C=O) groups excluding carboxylic acids is 3. The van der Waals surface area contributed by atoms with Crippen molar-refractivity contribution in [3.8, 4) is 5.75 Å². The van der Waals surface area contributed by atoms with Crippen molar-refractivity contribution in [2.24, 2.45) is 5.92 Å². The molecule has 0 aliphatic carbocycles. The second-order valence-electron chi connectivity index (χ2n) is 4.63. The number of ether oxygens (including phenoxy) is 1. The molecule has 1 aromatic carbocycles. The summed E-state index contributed by atoms with van der Waals surface area (Å²) in [5.41, 5.74) is 0.312. The van der Waals surface area contributed by atoms with E-state index < -0.39 is 23.8 Å². The van der Waals surface area contributed by atoms with Crippen LogP contribution in [0.5, 0.6) is 5.75 Å². The van der Waals surface area contributed by atoms with Crippen LogP contribution in [0, 0.1) is 5.92 Å². The van der Waals surface area contributed by atoms with Gasteiger partial charge in [0.15, 0.2) is 0 Å². The van der Waals surface area contributed by atoms with Crippen LogP contribution in [-0.2, 0) is 9.59 Å². The van der Waals surface area contributed by atoms with Gasteiger partial charge in [-0.25, -0.2) is 9.69 Å². The Hall–Kier alpha value is -2.08. The zero-order chi connectivity index (χ0) is 15.6. The molecule has 6 nitrogen and oxygen atoms in total. The number of halogens is 1. The van der Waals surface area contributed by atoms with Gasteiger partial charge >= 0.3 is 6.03 Å². The molecule has 0 bridgehead atoms. The second-order valence-corrected chi connectivity index (χ2v) is 5.04. The Kier molecular flexibility index (Phi) is 4.47. The maximum absolute atomic E-state index is 12.4. The summed E-state index contributed by atoms with van der Waals surface area (Å²) in [5, 5.41) is 2.57. The molecule has 112 valence electrons. The highest BCUT2D eigenvalue weighted by molar-refractivity contribution is 6.32. The first-order chi connectivity index (χ1) is 9.99. The zero-order valence-electron chi connectivity index (χ0n) is 11.7. The fourth-order valence-corrected chi connectivity index (χ4v) is 2.39. The lowest BCUT2D eigenvalue weighted by Gasteiger charge is -2.30. The summed E-state index contributed by atoms with van der Waals surface area (Å²) in [4.78, 5) is 37.0. The van der Waals surface area contributed by atoms with Crippen molar-refractivity contribution >= 4 is 35.1 Å². The normalized spacial score (nSPS) is 18.7. The number of rotatable bonds is 4. The number of hydrogen-bond acceptors (Lipinski definition) is 4. The lowest BCUT2D eigenvalue weighted by atomic mass is 9.99. The van der Waals surface area contributed by atoms with Gasteiger partial charge in [-0.3, -0.25) is 14.9 Å². The van der Waals surface area contributed by atoms with Gasteiger partial charge in [0, 0.05) is 6.07 Å². The SMILES string of the molecule is CCCC1C(=O)NC(=O)N(c2ccc(Cl)c(OC)c2)C1=O. The molecular formula is C14H15ClN2O4. The molecule has 21 heavy (non-hydrogen) atoms. The van der Waals surface area contributed by atoms with Gasteiger partial charge in [-0.15, -0.1) is 0 Å². The summed E-state index contributed by atoms with van der Waals surface area (Å²) in [6.45, 7) is 1.87. The molecule has 0 radical (unpaired) electrons. The van der Waals surface area contributed by atoms with E-state index in [0.717, 1.165) is 4.90 Å². The Morgan fingerprint density at radius 1 is 1.33 bits per heavy atom.